The van der Waals surface area contributed by atoms with Gasteiger partial charge in [-0.25, -0.2) is 4.79 Å². The Balaban J connectivity index is 2.59. The van der Waals surface area contributed by atoms with Crippen LogP contribution >= 0.6 is 0 Å². The third-order valence-electron chi connectivity index (χ3n) is 1.87. The fraction of sp³-hybridized carbons (Fsp3) is 0.750. The number of hydrogen-bond donors (Lipinski definition) is 0. The topological polar surface area (TPSA) is 52.6 Å². The zero-order valence-electron chi connectivity index (χ0n) is 7.25. The van der Waals surface area contributed by atoms with Crippen molar-refractivity contribution in [3.8, 4) is 0 Å². The molecule has 1 heterocycles. The maximum absolute atomic E-state index is 11.0. The van der Waals surface area contributed by atoms with Crippen molar-refractivity contribution in [2.75, 3.05) is 6.61 Å². The average molecular weight is 172 g/mol. The fourth-order valence-corrected chi connectivity index (χ4v) is 1.01. The first-order chi connectivity index (χ1) is 5.58. The van der Waals surface area contributed by atoms with Crippen LogP contribution in [0.1, 0.15) is 26.7 Å². The summed E-state index contributed by atoms with van der Waals surface area (Å²) in [6.45, 7) is 3.61. The summed E-state index contributed by atoms with van der Waals surface area (Å²) in [6.07, 6.45) is 0.737. The van der Waals surface area contributed by atoms with Gasteiger partial charge in [-0.3, -0.25) is 4.79 Å². The van der Waals surface area contributed by atoms with E-state index in [1.54, 1.807) is 13.8 Å². The van der Waals surface area contributed by atoms with E-state index in [4.69, 9.17) is 9.47 Å². The highest BCUT2D eigenvalue weighted by atomic mass is 16.6. The quantitative estimate of drug-likeness (QED) is 0.574. The summed E-state index contributed by atoms with van der Waals surface area (Å²) in [6, 6.07) is 0. The van der Waals surface area contributed by atoms with Crippen molar-refractivity contribution >= 4 is 11.9 Å². The van der Waals surface area contributed by atoms with E-state index in [1.807, 2.05) is 0 Å². The van der Waals surface area contributed by atoms with E-state index in [9.17, 15) is 9.59 Å². The first kappa shape index (κ1) is 9.03. The SMILES string of the molecule is CCC(=O)OC1(C)CCOC1=O. The van der Waals surface area contributed by atoms with Crippen LogP contribution in [0.3, 0.4) is 0 Å². The minimum Gasteiger partial charge on any atom is -0.463 e. The second-order valence-corrected chi connectivity index (χ2v) is 2.94. The minimum absolute atomic E-state index is 0.281. The molecule has 1 rings (SSSR count). The summed E-state index contributed by atoms with van der Waals surface area (Å²) in [5.74, 6) is -0.805. The van der Waals surface area contributed by atoms with E-state index in [0.717, 1.165) is 0 Å². The van der Waals surface area contributed by atoms with Crippen LogP contribution in [0.4, 0.5) is 0 Å². The second-order valence-electron chi connectivity index (χ2n) is 2.94. The Labute approximate surface area is 70.8 Å². The molecule has 1 atom stereocenters. The highest BCUT2D eigenvalue weighted by Crippen LogP contribution is 2.24. The van der Waals surface area contributed by atoms with Crippen molar-refractivity contribution in [1.29, 1.82) is 0 Å². The molecule has 1 fully saturated rings. The molecule has 0 spiro atoms. The number of hydrogen-bond acceptors (Lipinski definition) is 4. The molecule has 0 aromatic rings. The van der Waals surface area contributed by atoms with Gasteiger partial charge in [0.25, 0.3) is 0 Å². The van der Waals surface area contributed by atoms with Crippen molar-refractivity contribution in [2.45, 2.75) is 32.3 Å². The van der Waals surface area contributed by atoms with Crippen molar-refractivity contribution in [2.24, 2.45) is 0 Å². The number of carbonyl (C=O) groups is 2. The third-order valence-corrected chi connectivity index (χ3v) is 1.87. The molecule has 1 unspecified atom stereocenters. The lowest BCUT2D eigenvalue weighted by atomic mass is 10.1. The number of rotatable bonds is 2. The van der Waals surface area contributed by atoms with Crippen LogP contribution in [0.5, 0.6) is 0 Å². The highest BCUT2D eigenvalue weighted by Gasteiger charge is 2.43. The number of carbonyl (C=O) groups excluding carboxylic acids is 2. The first-order valence-electron chi connectivity index (χ1n) is 3.97. The van der Waals surface area contributed by atoms with Gasteiger partial charge in [-0.2, -0.15) is 0 Å². The number of ether oxygens (including phenoxy) is 2. The van der Waals surface area contributed by atoms with Crippen LogP contribution < -0.4 is 0 Å². The molecule has 0 amide bonds. The van der Waals surface area contributed by atoms with E-state index >= 15 is 0 Å². The molecule has 0 aromatic carbocycles. The van der Waals surface area contributed by atoms with Crippen molar-refractivity contribution < 1.29 is 19.1 Å². The van der Waals surface area contributed by atoms with Gasteiger partial charge < -0.3 is 9.47 Å². The van der Waals surface area contributed by atoms with Gasteiger partial charge in [0, 0.05) is 12.8 Å². The lowest BCUT2D eigenvalue weighted by Gasteiger charge is -2.18. The Bertz CT molecular complexity index is 211. The highest BCUT2D eigenvalue weighted by molar-refractivity contribution is 5.84. The lowest BCUT2D eigenvalue weighted by molar-refractivity contribution is -0.170. The maximum atomic E-state index is 11.0. The van der Waals surface area contributed by atoms with Gasteiger partial charge in [0.15, 0.2) is 0 Å². The molecule has 0 aromatic heterocycles. The van der Waals surface area contributed by atoms with Gasteiger partial charge in [0.2, 0.25) is 5.60 Å². The summed E-state index contributed by atoms with van der Waals surface area (Å²) < 4.78 is 9.64. The predicted molar refractivity (Wildman–Crippen MR) is 40.4 cm³/mol. The molecule has 4 nitrogen and oxygen atoms in total. The molecule has 4 heteroatoms. The summed E-state index contributed by atoms with van der Waals surface area (Å²) in [7, 11) is 0. The van der Waals surface area contributed by atoms with E-state index in [1.165, 1.54) is 0 Å². The fourth-order valence-electron chi connectivity index (χ4n) is 1.01. The van der Waals surface area contributed by atoms with Gasteiger partial charge in [0.05, 0.1) is 6.61 Å². The van der Waals surface area contributed by atoms with Gasteiger partial charge in [-0.15, -0.1) is 0 Å². The molecule has 0 aliphatic carbocycles. The Morgan fingerprint density at radius 2 is 2.42 bits per heavy atom. The summed E-state index contributed by atoms with van der Waals surface area (Å²) in [5, 5.41) is 0. The number of cyclic esters (lactones) is 1. The monoisotopic (exact) mass is 172 g/mol. The largest absolute Gasteiger partial charge is 0.463 e. The molecule has 0 radical (unpaired) electrons. The van der Waals surface area contributed by atoms with Gasteiger partial charge in [-0.1, -0.05) is 6.92 Å². The third kappa shape index (κ3) is 1.57. The van der Waals surface area contributed by atoms with Crippen molar-refractivity contribution in [3.05, 3.63) is 0 Å². The maximum Gasteiger partial charge on any atom is 0.350 e. The van der Waals surface area contributed by atoms with Gasteiger partial charge >= 0.3 is 11.9 Å². The molecule has 1 saturated heterocycles. The Hall–Kier alpha value is -1.06. The normalized spacial score (nSPS) is 28.3. The lowest BCUT2D eigenvalue weighted by Crippen LogP contribution is -2.36. The van der Waals surface area contributed by atoms with Gasteiger partial charge in [-0.05, 0) is 6.92 Å². The van der Waals surface area contributed by atoms with E-state index in [0.29, 0.717) is 13.0 Å². The molecule has 0 N–H and O–H groups in total. The Morgan fingerprint density at radius 1 is 1.75 bits per heavy atom. The molecular formula is C8H12O4. The van der Waals surface area contributed by atoms with Crippen LogP contribution in [0, 0.1) is 0 Å². The second kappa shape index (κ2) is 3.13. The Kier molecular flexibility index (Phi) is 2.35. The molecular weight excluding hydrogens is 160 g/mol. The van der Waals surface area contributed by atoms with E-state index in [-0.39, 0.29) is 12.4 Å². The molecule has 1 aliphatic rings. The summed E-state index contributed by atoms with van der Waals surface area (Å²) in [5.41, 5.74) is -1.03. The van der Waals surface area contributed by atoms with Crippen molar-refractivity contribution in [3.63, 3.8) is 0 Å². The molecule has 0 bridgehead atoms. The van der Waals surface area contributed by atoms with E-state index in [2.05, 4.69) is 0 Å². The van der Waals surface area contributed by atoms with Crippen LogP contribution in [0.15, 0.2) is 0 Å². The standard InChI is InChI=1S/C8H12O4/c1-3-6(9)12-8(2)4-5-11-7(8)10/h3-5H2,1-2H3. The van der Waals surface area contributed by atoms with E-state index < -0.39 is 11.6 Å². The first-order valence-corrected chi connectivity index (χ1v) is 3.97. The molecule has 0 saturated carbocycles. The molecule has 1 aliphatic heterocycles. The van der Waals surface area contributed by atoms with Crippen LogP contribution in [0.2, 0.25) is 0 Å². The summed E-state index contributed by atoms with van der Waals surface area (Å²) >= 11 is 0. The molecule has 68 valence electrons. The minimum atomic E-state index is -1.03. The van der Waals surface area contributed by atoms with Crippen LogP contribution in [-0.2, 0) is 19.1 Å². The van der Waals surface area contributed by atoms with Crippen LogP contribution in [-0.4, -0.2) is 24.1 Å². The van der Waals surface area contributed by atoms with Crippen molar-refractivity contribution in [1.82, 2.24) is 0 Å². The van der Waals surface area contributed by atoms with Gasteiger partial charge in [0.1, 0.15) is 0 Å². The zero-order chi connectivity index (χ0) is 9.19. The Morgan fingerprint density at radius 3 is 2.83 bits per heavy atom. The molecule has 12 heavy (non-hydrogen) atoms. The average Bonchev–Trinajstić information content (AvgIpc) is 2.32. The smallest absolute Gasteiger partial charge is 0.350 e. The zero-order valence-corrected chi connectivity index (χ0v) is 7.25. The predicted octanol–water partition coefficient (Wildman–Crippen LogP) is 0.645. The number of esters is 2. The summed E-state index contributed by atoms with van der Waals surface area (Å²) in [4.78, 5) is 21.9. The van der Waals surface area contributed by atoms with Crippen LogP contribution in [0.25, 0.3) is 0 Å².